The van der Waals surface area contributed by atoms with E-state index in [2.05, 4.69) is 10.6 Å². The highest BCUT2D eigenvalue weighted by molar-refractivity contribution is 5.94. The molecule has 2 aromatic carbocycles. The van der Waals surface area contributed by atoms with E-state index in [0.29, 0.717) is 5.56 Å². The molecule has 0 fully saturated rings. The zero-order valence-electron chi connectivity index (χ0n) is 28.0. The van der Waals surface area contributed by atoms with Gasteiger partial charge < -0.3 is 35.8 Å². The van der Waals surface area contributed by atoms with Crippen LogP contribution in [0.5, 0.6) is 5.75 Å². The molecule has 47 heavy (non-hydrogen) atoms. The lowest BCUT2D eigenvalue weighted by Gasteiger charge is -2.34. The van der Waals surface area contributed by atoms with Gasteiger partial charge in [-0.25, -0.2) is 9.59 Å². The number of phenolic OH excluding ortho intramolecular Hbond substituents is 1. The second-order valence-electron chi connectivity index (χ2n) is 13.1. The van der Waals surface area contributed by atoms with Crippen molar-refractivity contribution in [3.05, 3.63) is 65.2 Å². The van der Waals surface area contributed by atoms with E-state index in [-0.39, 0.29) is 30.6 Å². The van der Waals surface area contributed by atoms with Crippen molar-refractivity contribution in [3.63, 3.8) is 0 Å². The number of nitrogens with two attached hydrogens (primary N) is 1. The second kappa shape index (κ2) is 16.4. The zero-order valence-corrected chi connectivity index (χ0v) is 28.0. The molecular formula is C34H45N5O8. The number of ether oxygens (including phenoxy) is 2. The molecule has 3 atom stereocenters. The van der Waals surface area contributed by atoms with Gasteiger partial charge in [-0.1, -0.05) is 36.4 Å². The number of alkyl carbamates (subject to hydrolysis) is 1. The van der Waals surface area contributed by atoms with Crippen molar-refractivity contribution >= 4 is 29.8 Å². The van der Waals surface area contributed by atoms with Crippen molar-refractivity contribution in [3.8, 4) is 11.8 Å². The summed E-state index contributed by atoms with van der Waals surface area (Å²) in [6.07, 6.45) is -1.48. The number of nitrogens with zero attached hydrogens (tertiary/aromatic N) is 2. The van der Waals surface area contributed by atoms with Crippen LogP contribution in [0, 0.1) is 18.3 Å². The number of phenols is 1. The predicted octanol–water partition coefficient (Wildman–Crippen LogP) is 3.32. The Morgan fingerprint density at radius 3 is 2.09 bits per heavy atom. The summed E-state index contributed by atoms with van der Waals surface area (Å²) in [6, 6.07) is 10.9. The molecule has 3 unspecified atom stereocenters. The fourth-order valence-electron chi connectivity index (χ4n) is 4.55. The van der Waals surface area contributed by atoms with Crippen LogP contribution in [-0.4, -0.2) is 69.6 Å². The number of carbonyl (C=O) groups excluding carboxylic acids is 5. The summed E-state index contributed by atoms with van der Waals surface area (Å²) in [5.74, 6) is -3.27. The Kier molecular flexibility index (Phi) is 13.3. The molecule has 13 nitrogen and oxygen atoms in total. The van der Waals surface area contributed by atoms with Crippen molar-refractivity contribution in [1.29, 1.82) is 5.26 Å². The van der Waals surface area contributed by atoms with Crippen molar-refractivity contribution in [2.45, 2.75) is 97.1 Å². The lowest BCUT2D eigenvalue weighted by atomic mass is 9.98. The topological polar surface area (TPSA) is 201 Å². The average Bonchev–Trinajstić information content (AvgIpc) is 2.94. The number of primary amides is 1. The van der Waals surface area contributed by atoms with Crippen LogP contribution in [0.4, 0.5) is 4.79 Å². The van der Waals surface area contributed by atoms with Gasteiger partial charge in [0.05, 0.1) is 6.07 Å². The number of carbonyl (C=O) groups is 5. The summed E-state index contributed by atoms with van der Waals surface area (Å²) in [4.78, 5) is 67.1. The third kappa shape index (κ3) is 12.7. The van der Waals surface area contributed by atoms with Crippen molar-refractivity contribution in [2.75, 3.05) is 6.54 Å². The molecule has 0 aliphatic carbocycles. The number of esters is 1. The molecule has 0 aliphatic rings. The molecule has 4 amide bonds. The molecule has 254 valence electrons. The molecule has 0 aromatic heterocycles. The molecule has 0 bridgehead atoms. The number of hydrogen-bond donors (Lipinski definition) is 4. The Hall–Kier alpha value is -5.12. The summed E-state index contributed by atoms with van der Waals surface area (Å²) < 4.78 is 10.9. The highest BCUT2D eigenvalue weighted by Crippen LogP contribution is 2.28. The number of nitriles is 1. The molecule has 0 radical (unpaired) electrons. The van der Waals surface area contributed by atoms with Gasteiger partial charge in [0.25, 0.3) is 0 Å². The first-order valence-corrected chi connectivity index (χ1v) is 15.1. The van der Waals surface area contributed by atoms with Gasteiger partial charge >= 0.3 is 12.1 Å². The molecule has 0 heterocycles. The maximum absolute atomic E-state index is 14.3. The number of aryl methyl sites for hydroxylation is 1. The van der Waals surface area contributed by atoms with Crippen LogP contribution in [0.1, 0.15) is 77.1 Å². The third-order valence-corrected chi connectivity index (χ3v) is 6.58. The molecule has 0 saturated heterocycles. The van der Waals surface area contributed by atoms with Crippen LogP contribution >= 0.6 is 0 Å². The number of aromatic hydroxyl groups is 1. The standard InChI is InChI=1S/C34H45N5O8/c1-21-19-23(13-15-26(21)40)28(29(42)37-25(31(44)46-33(2,3)4)20-22-11-9-8-10-12-22)39(18-17-35)30(43)24(14-16-27(36)41)38-32(45)47-34(5,6)7/h8-13,15,19,24-25,28,40H,14,16,18,20H2,1-7H3,(H2,36,41)(H,37,42)(H,38,45). The fourth-order valence-corrected chi connectivity index (χ4v) is 4.55. The molecule has 0 spiro atoms. The molecule has 2 aromatic rings. The first-order valence-electron chi connectivity index (χ1n) is 15.1. The second-order valence-corrected chi connectivity index (χ2v) is 13.1. The largest absolute Gasteiger partial charge is 0.508 e. The first-order chi connectivity index (χ1) is 21.8. The van der Waals surface area contributed by atoms with Gasteiger partial charge in [-0.05, 0) is 83.7 Å². The molecular weight excluding hydrogens is 606 g/mol. The minimum atomic E-state index is -1.53. The number of benzene rings is 2. The van der Waals surface area contributed by atoms with Crippen LogP contribution < -0.4 is 16.4 Å². The van der Waals surface area contributed by atoms with Crippen LogP contribution in [0.25, 0.3) is 0 Å². The van der Waals surface area contributed by atoms with Crippen LogP contribution in [-0.2, 0) is 35.1 Å². The molecule has 0 aliphatic heterocycles. The zero-order chi connectivity index (χ0) is 35.5. The molecule has 13 heteroatoms. The van der Waals surface area contributed by atoms with Crippen LogP contribution in [0.15, 0.2) is 48.5 Å². The van der Waals surface area contributed by atoms with Crippen molar-refractivity contribution < 1.29 is 38.6 Å². The van der Waals surface area contributed by atoms with E-state index in [1.165, 1.54) is 18.2 Å². The van der Waals surface area contributed by atoms with Gasteiger partial charge in [-0.15, -0.1) is 0 Å². The van der Waals surface area contributed by atoms with E-state index >= 15 is 0 Å². The van der Waals surface area contributed by atoms with Crippen molar-refractivity contribution in [1.82, 2.24) is 15.5 Å². The minimum Gasteiger partial charge on any atom is -0.508 e. The van der Waals surface area contributed by atoms with E-state index < -0.39 is 65.7 Å². The average molecular weight is 652 g/mol. The minimum absolute atomic E-state index is 0.0520. The van der Waals surface area contributed by atoms with Gasteiger partial charge in [0, 0.05) is 12.8 Å². The van der Waals surface area contributed by atoms with Gasteiger partial charge in [0.1, 0.15) is 41.6 Å². The van der Waals surface area contributed by atoms with Crippen LogP contribution in [0.2, 0.25) is 0 Å². The number of hydrogen-bond acceptors (Lipinski definition) is 9. The first kappa shape index (κ1) is 38.1. The summed E-state index contributed by atoms with van der Waals surface area (Å²) >= 11 is 0. The Morgan fingerprint density at radius 2 is 1.55 bits per heavy atom. The van der Waals surface area contributed by atoms with E-state index in [1.54, 1.807) is 78.8 Å². The lowest BCUT2D eigenvalue weighted by molar-refractivity contribution is -0.159. The molecule has 5 N–H and O–H groups in total. The highest BCUT2D eigenvalue weighted by Gasteiger charge is 2.38. The quantitative estimate of drug-likeness (QED) is 0.185. The maximum Gasteiger partial charge on any atom is 0.408 e. The SMILES string of the molecule is Cc1cc(C(C(=O)NC(Cc2ccccc2)C(=O)OC(C)(C)C)N(CC#N)C(=O)C(CCC(N)=O)NC(=O)OC(C)(C)C)ccc1O. The van der Waals surface area contributed by atoms with E-state index in [4.69, 9.17) is 15.2 Å². The number of nitrogens with one attached hydrogen (secondary N) is 2. The van der Waals surface area contributed by atoms with Crippen molar-refractivity contribution in [2.24, 2.45) is 5.73 Å². The number of amides is 4. The molecule has 0 saturated carbocycles. The highest BCUT2D eigenvalue weighted by atomic mass is 16.6. The lowest BCUT2D eigenvalue weighted by Crippen LogP contribution is -2.55. The van der Waals surface area contributed by atoms with E-state index in [0.717, 1.165) is 10.5 Å². The monoisotopic (exact) mass is 651 g/mol. The maximum atomic E-state index is 14.3. The normalized spacial score (nSPS) is 13.2. The van der Waals surface area contributed by atoms with Gasteiger partial charge in [0.2, 0.25) is 17.7 Å². The Balaban J connectivity index is 2.63. The number of rotatable bonds is 13. The van der Waals surface area contributed by atoms with E-state index in [9.17, 15) is 34.3 Å². The summed E-state index contributed by atoms with van der Waals surface area (Å²) in [5.41, 5.74) is 4.83. The Labute approximate surface area is 275 Å². The Morgan fingerprint density at radius 1 is 0.936 bits per heavy atom. The fraction of sp³-hybridized carbons (Fsp3) is 0.471. The smallest absolute Gasteiger partial charge is 0.408 e. The van der Waals surface area contributed by atoms with Gasteiger partial charge in [0.15, 0.2) is 0 Å². The summed E-state index contributed by atoms with van der Waals surface area (Å²) in [6.45, 7) is 10.9. The van der Waals surface area contributed by atoms with Gasteiger partial charge in [-0.2, -0.15) is 5.26 Å². The summed E-state index contributed by atoms with van der Waals surface area (Å²) in [5, 5.41) is 25.2. The van der Waals surface area contributed by atoms with Gasteiger partial charge in [-0.3, -0.25) is 14.4 Å². The summed E-state index contributed by atoms with van der Waals surface area (Å²) in [7, 11) is 0. The van der Waals surface area contributed by atoms with Crippen LogP contribution in [0.3, 0.4) is 0 Å². The predicted molar refractivity (Wildman–Crippen MR) is 172 cm³/mol. The molecule has 2 rings (SSSR count). The Bertz CT molecular complexity index is 1470. The third-order valence-electron chi connectivity index (χ3n) is 6.58. The van der Waals surface area contributed by atoms with E-state index in [1.807, 2.05) is 6.07 Å².